The molecule has 0 saturated carbocycles. The molecule has 15 heavy (non-hydrogen) atoms. The average Bonchev–Trinajstić information content (AvgIpc) is 2.39. The summed E-state index contributed by atoms with van der Waals surface area (Å²) in [6, 6.07) is 7.01. The summed E-state index contributed by atoms with van der Waals surface area (Å²) in [6.45, 7) is 0. The van der Waals surface area contributed by atoms with Crippen LogP contribution < -0.4 is 0 Å². The van der Waals surface area contributed by atoms with Crippen LogP contribution >= 0.6 is 22.3 Å². The van der Waals surface area contributed by atoms with Crippen molar-refractivity contribution < 1.29 is 8.42 Å². The second kappa shape index (κ2) is 3.40. The van der Waals surface area contributed by atoms with E-state index < -0.39 is 9.05 Å². The van der Waals surface area contributed by atoms with Gasteiger partial charge < -0.3 is 4.57 Å². The first-order valence-electron chi connectivity index (χ1n) is 4.10. The summed E-state index contributed by atoms with van der Waals surface area (Å²) < 4.78 is 24.3. The van der Waals surface area contributed by atoms with Gasteiger partial charge in [-0.15, -0.1) is 0 Å². The molecule has 0 spiro atoms. The molecule has 3 nitrogen and oxygen atoms in total. The van der Waals surface area contributed by atoms with Gasteiger partial charge in [0, 0.05) is 23.1 Å². The van der Waals surface area contributed by atoms with E-state index in [1.165, 1.54) is 0 Å². The highest BCUT2D eigenvalue weighted by Crippen LogP contribution is 2.34. The van der Waals surface area contributed by atoms with E-state index in [1.54, 1.807) is 29.8 Å². The van der Waals surface area contributed by atoms with Gasteiger partial charge >= 0.3 is 0 Å². The molecular weight excluding hydrogens is 257 g/mol. The summed E-state index contributed by atoms with van der Waals surface area (Å²) >= 11 is 5.92. The van der Waals surface area contributed by atoms with E-state index in [0.29, 0.717) is 5.39 Å². The Morgan fingerprint density at radius 3 is 2.47 bits per heavy atom. The second-order valence-electron chi connectivity index (χ2n) is 3.13. The first-order chi connectivity index (χ1) is 6.93. The minimum atomic E-state index is -3.82. The minimum Gasteiger partial charge on any atom is -0.334 e. The Labute approximate surface area is 96.6 Å². The first kappa shape index (κ1) is 10.8. The lowest BCUT2D eigenvalue weighted by atomic mass is 10.2. The molecule has 0 radical (unpaired) electrons. The van der Waals surface area contributed by atoms with E-state index in [0.717, 1.165) is 5.52 Å². The van der Waals surface area contributed by atoms with E-state index >= 15 is 0 Å². The summed E-state index contributed by atoms with van der Waals surface area (Å²) in [5.74, 6) is 0. The van der Waals surface area contributed by atoms with E-state index in [4.69, 9.17) is 22.3 Å². The van der Waals surface area contributed by atoms with E-state index in [-0.39, 0.29) is 10.0 Å². The number of halogens is 2. The quantitative estimate of drug-likeness (QED) is 0.743. The van der Waals surface area contributed by atoms with Crippen LogP contribution in [0.1, 0.15) is 0 Å². The Kier molecular flexibility index (Phi) is 2.45. The van der Waals surface area contributed by atoms with E-state index in [2.05, 4.69) is 0 Å². The molecular formula is C9H7Cl2NO2S. The zero-order chi connectivity index (χ0) is 11.2. The van der Waals surface area contributed by atoms with Crippen molar-refractivity contribution in [3.8, 4) is 0 Å². The maximum atomic E-state index is 11.3. The average molecular weight is 264 g/mol. The highest BCUT2D eigenvalue weighted by molar-refractivity contribution is 8.14. The van der Waals surface area contributed by atoms with Crippen LogP contribution in [0.2, 0.25) is 5.15 Å². The van der Waals surface area contributed by atoms with Gasteiger partial charge in [0.1, 0.15) is 10.0 Å². The molecule has 2 rings (SSSR count). The van der Waals surface area contributed by atoms with E-state index in [9.17, 15) is 8.42 Å². The molecule has 1 aromatic heterocycles. The molecule has 1 aromatic carbocycles. The number of benzene rings is 1. The number of aromatic nitrogens is 1. The molecule has 0 aliphatic carbocycles. The van der Waals surface area contributed by atoms with Gasteiger partial charge in [0.15, 0.2) is 0 Å². The van der Waals surface area contributed by atoms with Gasteiger partial charge in [-0.3, -0.25) is 0 Å². The third-order valence-corrected chi connectivity index (χ3v) is 4.15. The van der Waals surface area contributed by atoms with Crippen molar-refractivity contribution in [3.63, 3.8) is 0 Å². The van der Waals surface area contributed by atoms with Crippen LogP contribution in [0.5, 0.6) is 0 Å². The lowest BCUT2D eigenvalue weighted by Crippen LogP contribution is -1.91. The number of hydrogen-bond acceptors (Lipinski definition) is 2. The summed E-state index contributed by atoms with van der Waals surface area (Å²) in [4.78, 5) is -0.0241. The van der Waals surface area contributed by atoms with Gasteiger partial charge in [-0.2, -0.15) is 0 Å². The zero-order valence-electron chi connectivity index (χ0n) is 7.74. The molecule has 0 N–H and O–H groups in total. The highest BCUT2D eigenvalue weighted by atomic mass is 35.7. The Hall–Kier alpha value is -0.710. The van der Waals surface area contributed by atoms with Crippen molar-refractivity contribution in [2.75, 3.05) is 0 Å². The molecule has 1 heterocycles. The molecule has 0 unspecified atom stereocenters. The van der Waals surface area contributed by atoms with Gasteiger partial charge in [0.05, 0.1) is 5.52 Å². The van der Waals surface area contributed by atoms with Crippen LogP contribution in [-0.2, 0) is 16.1 Å². The molecule has 0 aliphatic rings. The van der Waals surface area contributed by atoms with Gasteiger partial charge in [-0.25, -0.2) is 8.42 Å². The van der Waals surface area contributed by atoms with Crippen LogP contribution in [0.3, 0.4) is 0 Å². The smallest absolute Gasteiger partial charge is 0.264 e. The number of para-hydroxylation sites is 1. The van der Waals surface area contributed by atoms with Crippen LogP contribution in [0.25, 0.3) is 10.9 Å². The summed E-state index contributed by atoms with van der Waals surface area (Å²) in [5.41, 5.74) is 0.738. The number of fused-ring (bicyclic) bond motifs is 1. The summed E-state index contributed by atoms with van der Waals surface area (Å²) in [5, 5.41) is 0.672. The second-order valence-corrected chi connectivity index (χ2v) is 5.99. The number of rotatable bonds is 1. The van der Waals surface area contributed by atoms with Gasteiger partial charge in [0.2, 0.25) is 0 Å². The first-order valence-corrected chi connectivity index (χ1v) is 6.79. The Bertz CT molecular complexity index is 631. The molecule has 0 bridgehead atoms. The molecule has 80 valence electrons. The van der Waals surface area contributed by atoms with E-state index in [1.807, 2.05) is 6.07 Å². The maximum Gasteiger partial charge on any atom is 0.264 e. The number of nitrogens with zero attached hydrogens (tertiary/aromatic N) is 1. The molecule has 6 heteroatoms. The number of hydrogen-bond donors (Lipinski definition) is 0. The maximum absolute atomic E-state index is 11.3. The fourth-order valence-corrected chi connectivity index (χ4v) is 3.42. The normalized spacial score (nSPS) is 12.2. The molecule has 0 amide bonds. The predicted octanol–water partition coefficient (Wildman–Crippen LogP) is 2.76. The molecule has 2 aromatic rings. The Morgan fingerprint density at radius 1 is 1.27 bits per heavy atom. The standard InChI is InChI=1S/C9H7Cl2NO2S/c1-12-7-5-3-2-4-6(7)8(9(12)10)15(11,13)14/h2-5H,1H3. The fraction of sp³-hybridized carbons (Fsp3) is 0.111. The zero-order valence-corrected chi connectivity index (χ0v) is 10.1. The Balaban J connectivity index is 3.03. The lowest BCUT2D eigenvalue weighted by Gasteiger charge is -1.95. The van der Waals surface area contributed by atoms with Crippen molar-refractivity contribution in [1.29, 1.82) is 0 Å². The molecule has 0 saturated heterocycles. The lowest BCUT2D eigenvalue weighted by molar-refractivity contribution is 0.610. The van der Waals surface area contributed by atoms with Crippen LogP contribution in [-0.4, -0.2) is 13.0 Å². The van der Waals surface area contributed by atoms with Crippen molar-refractivity contribution in [2.45, 2.75) is 4.90 Å². The summed E-state index contributed by atoms with van der Waals surface area (Å²) in [7, 11) is 3.20. The minimum absolute atomic E-state index is 0.0241. The third kappa shape index (κ3) is 1.62. The van der Waals surface area contributed by atoms with Crippen molar-refractivity contribution in [2.24, 2.45) is 7.05 Å². The van der Waals surface area contributed by atoms with Gasteiger partial charge in [-0.1, -0.05) is 29.8 Å². The van der Waals surface area contributed by atoms with Crippen LogP contribution in [0, 0.1) is 0 Å². The topological polar surface area (TPSA) is 39.1 Å². The molecule has 0 aliphatic heterocycles. The Morgan fingerprint density at radius 2 is 1.87 bits per heavy atom. The van der Waals surface area contributed by atoms with Crippen LogP contribution in [0.4, 0.5) is 0 Å². The molecule has 0 atom stereocenters. The van der Waals surface area contributed by atoms with Gasteiger partial charge in [0.25, 0.3) is 9.05 Å². The largest absolute Gasteiger partial charge is 0.334 e. The predicted molar refractivity (Wildman–Crippen MR) is 61.0 cm³/mol. The molecule has 0 fully saturated rings. The summed E-state index contributed by atoms with van der Waals surface area (Å²) in [6.07, 6.45) is 0. The van der Waals surface area contributed by atoms with Crippen molar-refractivity contribution in [3.05, 3.63) is 29.4 Å². The highest BCUT2D eigenvalue weighted by Gasteiger charge is 2.22. The number of aryl methyl sites for hydroxylation is 1. The third-order valence-electron chi connectivity index (χ3n) is 2.24. The van der Waals surface area contributed by atoms with Crippen molar-refractivity contribution >= 4 is 42.2 Å². The van der Waals surface area contributed by atoms with Gasteiger partial charge in [-0.05, 0) is 6.07 Å². The van der Waals surface area contributed by atoms with Crippen LogP contribution in [0.15, 0.2) is 29.2 Å². The SMILES string of the molecule is Cn1c(Cl)c(S(=O)(=O)Cl)c2ccccc21. The fourth-order valence-electron chi connectivity index (χ4n) is 1.56. The monoisotopic (exact) mass is 263 g/mol. The van der Waals surface area contributed by atoms with Crippen molar-refractivity contribution in [1.82, 2.24) is 4.57 Å².